The number of hydrogen-bond acceptors (Lipinski definition) is 5. The largest absolute Gasteiger partial charge is 0.360 e. The summed E-state index contributed by atoms with van der Waals surface area (Å²) in [7, 11) is 0. The van der Waals surface area contributed by atoms with E-state index in [1.54, 1.807) is 25.1 Å². The summed E-state index contributed by atoms with van der Waals surface area (Å²) in [5, 5.41) is 9.35. The molecule has 8 heteroatoms. The molecule has 0 aliphatic carbocycles. The van der Waals surface area contributed by atoms with Gasteiger partial charge in [0.05, 0.1) is 5.02 Å². The number of halogens is 2. The van der Waals surface area contributed by atoms with Gasteiger partial charge in [0.25, 0.3) is 5.91 Å². The molecule has 1 aromatic carbocycles. The van der Waals surface area contributed by atoms with Crippen LogP contribution in [-0.4, -0.2) is 16.0 Å². The van der Waals surface area contributed by atoms with E-state index >= 15 is 0 Å². The molecule has 0 bridgehead atoms. The van der Waals surface area contributed by atoms with Crippen molar-refractivity contribution in [1.29, 1.82) is 0 Å². The van der Waals surface area contributed by atoms with Crippen molar-refractivity contribution in [2.75, 3.05) is 10.6 Å². The van der Waals surface area contributed by atoms with Crippen molar-refractivity contribution in [3.63, 3.8) is 0 Å². The number of pyridine rings is 1. The monoisotopic (exact) mass is 346 g/mol. The second kappa shape index (κ2) is 6.67. The molecule has 0 saturated heterocycles. The molecule has 0 spiro atoms. The maximum Gasteiger partial charge on any atom is 0.274 e. The summed E-state index contributed by atoms with van der Waals surface area (Å²) in [4.78, 5) is 16.3. The first-order valence-corrected chi connectivity index (χ1v) is 7.32. The third-order valence-electron chi connectivity index (χ3n) is 3.07. The normalized spacial score (nSPS) is 10.5. The predicted molar refractivity (Wildman–Crippen MR) is 88.1 cm³/mol. The van der Waals surface area contributed by atoms with Crippen LogP contribution < -0.4 is 10.6 Å². The Balaban J connectivity index is 1.75. The van der Waals surface area contributed by atoms with Gasteiger partial charge in [0, 0.05) is 23.6 Å². The molecule has 3 rings (SSSR count). The van der Waals surface area contributed by atoms with Crippen molar-refractivity contribution >= 4 is 34.7 Å². The topological polar surface area (TPSA) is 80.0 Å². The van der Waals surface area contributed by atoms with Gasteiger partial charge < -0.3 is 15.2 Å². The Morgan fingerprint density at radius 1 is 1.21 bits per heavy atom. The molecule has 0 unspecified atom stereocenters. The second-order valence-corrected chi connectivity index (χ2v) is 5.37. The molecule has 0 saturated carbocycles. The van der Waals surface area contributed by atoms with Crippen molar-refractivity contribution in [2.45, 2.75) is 6.92 Å². The summed E-state index contributed by atoms with van der Waals surface area (Å²) < 4.78 is 18.1. The van der Waals surface area contributed by atoms with Crippen molar-refractivity contribution in [1.82, 2.24) is 10.1 Å². The Morgan fingerprint density at radius 2 is 2.04 bits per heavy atom. The second-order valence-electron chi connectivity index (χ2n) is 4.96. The van der Waals surface area contributed by atoms with E-state index in [4.69, 9.17) is 16.1 Å². The molecule has 0 radical (unpaired) electrons. The molecule has 0 fully saturated rings. The zero-order valence-electron chi connectivity index (χ0n) is 12.5. The van der Waals surface area contributed by atoms with Crippen molar-refractivity contribution in [2.24, 2.45) is 0 Å². The smallest absolute Gasteiger partial charge is 0.274 e. The summed E-state index contributed by atoms with van der Waals surface area (Å²) in [5.41, 5.74) is 1.18. The van der Waals surface area contributed by atoms with Gasteiger partial charge in [-0.2, -0.15) is 0 Å². The molecule has 1 amide bonds. The summed E-state index contributed by atoms with van der Waals surface area (Å²) in [6.07, 6.45) is 1.49. The maximum atomic E-state index is 13.1. The van der Waals surface area contributed by atoms with Gasteiger partial charge in [0.15, 0.2) is 5.82 Å². The summed E-state index contributed by atoms with van der Waals surface area (Å²) >= 11 is 5.69. The number of rotatable bonds is 4. The highest BCUT2D eigenvalue weighted by Crippen LogP contribution is 2.21. The number of anilines is 3. The van der Waals surface area contributed by atoms with Crippen LogP contribution in [0.15, 0.2) is 47.1 Å². The fourth-order valence-electron chi connectivity index (χ4n) is 1.97. The van der Waals surface area contributed by atoms with Gasteiger partial charge in [-0.25, -0.2) is 4.39 Å². The minimum Gasteiger partial charge on any atom is -0.360 e. The van der Waals surface area contributed by atoms with Crippen LogP contribution in [0, 0.1) is 12.7 Å². The Bertz CT molecular complexity index is 897. The zero-order valence-corrected chi connectivity index (χ0v) is 13.3. The molecule has 6 nitrogen and oxygen atoms in total. The molecule has 2 N–H and O–H groups in total. The lowest BCUT2D eigenvalue weighted by atomic mass is 10.2. The number of nitrogens with one attached hydrogen (secondary N) is 2. The zero-order chi connectivity index (χ0) is 17.1. The standard InChI is InChI=1S/C16H12ClFN4O2/c1-9-6-15(22-24-9)20-11-4-5-19-14(8-11)16(23)21-10-2-3-13(18)12(17)7-10/h2-8H,1H3,(H,21,23)(H,19,20,22). The van der Waals surface area contributed by atoms with Gasteiger partial charge in [0.1, 0.15) is 17.3 Å². The quantitative estimate of drug-likeness (QED) is 0.741. The van der Waals surface area contributed by atoms with E-state index in [0.29, 0.717) is 23.0 Å². The van der Waals surface area contributed by atoms with Crippen LogP contribution in [-0.2, 0) is 0 Å². The van der Waals surface area contributed by atoms with Crippen molar-refractivity contribution in [3.05, 3.63) is 64.9 Å². The van der Waals surface area contributed by atoms with Gasteiger partial charge >= 0.3 is 0 Å². The molecule has 2 heterocycles. The summed E-state index contributed by atoms with van der Waals surface area (Å²) in [6.45, 7) is 1.78. The fraction of sp³-hybridized carbons (Fsp3) is 0.0625. The van der Waals surface area contributed by atoms with Gasteiger partial charge in [-0.3, -0.25) is 9.78 Å². The molecule has 0 atom stereocenters. The minimum absolute atomic E-state index is 0.0717. The molecule has 3 aromatic rings. The van der Waals surface area contributed by atoms with Crippen LogP contribution in [0.5, 0.6) is 0 Å². The number of carbonyl (C=O) groups excluding carboxylic acids is 1. The van der Waals surface area contributed by atoms with Crippen LogP contribution in [0.25, 0.3) is 0 Å². The molecule has 122 valence electrons. The van der Waals surface area contributed by atoms with Crippen LogP contribution in [0.4, 0.5) is 21.6 Å². The lowest BCUT2D eigenvalue weighted by molar-refractivity contribution is 0.102. The average Bonchev–Trinajstić information content (AvgIpc) is 2.96. The Morgan fingerprint density at radius 3 is 2.75 bits per heavy atom. The predicted octanol–water partition coefficient (Wildman–Crippen LogP) is 4.17. The highest BCUT2D eigenvalue weighted by molar-refractivity contribution is 6.31. The highest BCUT2D eigenvalue weighted by Gasteiger charge is 2.10. The lowest BCUT2D eigenvalue weighted by Crippen LogP contribution is -2.13. The highest BCUT2D eigenvalue weighted by atomic mass is 35.5. The first kappa shape index (κ1) is 15.9. The Kier molecular flexibility index (Phi) is 4.43. The van der Waals surface area contributed by atoms with Crippen molar-refractivity contribution in [3.8, 4) is 0 Å². The van der Waals surface area contributed by atoms with E-state index in [9.17, 15) is 9.18 Å². The first-order valence-electron chi connectivity index (χ1n) is 6.94. The van der Waals surface area contributed by atoms with Crippen LogP contribution in [0.3, 0.4) is 0 Å². The average molecular weight is 347 g/mol. The molecule has 2 aromatic heterocycles. The number of nitrogens with zero attached hydrogens (tertiary/aromatic N) is 2. The van der Waals surface area contributed by atoms with Gasteiger partial charge in [0.2, 0.25) is 0 Å². The van der Waals surface area contributed by atoms with E-state index in [0.717, 1.165) is 0 Å². The fourth-order valence-corrected chi connectivity index (χ4v) is 2.16. The number of carbonyl (C=O) groups is 1. The molecule has 0 aliphatic rings. The lowest BCUT2D eigenvalue weighted by Gasteiger charge is -2.07. The third kappa shape index (κ3) is 3.69. The molecule has 24 heavy (non-hydrogen) atoms. The summed E-state index contributed by atoms with van der Waals surface area (Å²) in [5.74, 6) is 0.188. The van der Waals surface area contributed by atoms with Gasteiger partial charge in [-0.1, -0.05) is 16.8 Å². The van der Waals surface area contributed by atoms with E-state index in [2.05, 4.69) is 20.8 Å². The SMILES string of the molecule is Cc1cc(Nc2ccnc(C(=O)Nc3ccc(F)c(Cl)c3)c2)no1. The molecular formula is C16H12ClFN4O2. The van der Waals surface area contributed by atoms with Gasteiger partial charge in [-0.15, -0.1) is 0 Å². The Hall–Kier alpha value is -2.93. The number of aryl methyl sites for hydroxylation is 1. The number of hydrogen-bond donors (Lipinski definition) is 2. The molecule has 0 aliphatic heterocycles. The summed E-state index contributed by atoms with van der Waals surface area (Å²) in [6, 6.07) is 8.89. The molecular weight excluding hydrogens is 335 g/mol. The van der Waals surface area contributed by atoms with Gasteiger partial charge in [-0.05, 0) is 37.3 Å². The minimum atomic E-state index is -0.554. The maximum absolute atomic E-state index is 13.1. The van der Waals surface area contributed by atoms with E-state index in [-0.39, 0.29) is 10.7 Å². The van der Waals surface area contributed by atoms with Crippen molar-refractivity contribution < 1.29 is 13.7 Å². The van der Waals surface area contributed by atoms with E-state index in [1.807, 2.05) is 0 Å². The van der Waals surface area contributed by atoms with Crippen LogP contribution in [0.1, 0.15) is 16.2 Å². The van der Waals surface area contributed by atoms with Crippen LogP contribution in [0.2, 0.25) is 5.02 Å². The van der Waals surface area contributed by atoms with Crippen LogP contribution >= 0.6 is 11.6 Å². The number of amides is 1. The van der Waals surface area contributed by atoms with E-state index in [1.165, 1.54) is 24.4 Å². The first-order chi connectivity index (χ1) is 11.5. The number of benzene rings is 1. The number of aromatic nitrogens is 2. The Labute approximate surface area is 141 Å². The third-order valence-corrected chi connectivity index (χ3v) is 3.36. The van der Waals surface area contributed by atoms with E-state index < -0.39 is 11.7 Å².